The molecule has 2 rings (SSSR count). The van der Waals surface area contributed by atoms with Crippen molar-refractivity contribution in [2.75, 3.05) is 13.7 Å². The number of benzene rings is 1. The van der Waals surface area contributed by atoms with Gasteiger partial charge in [-0.05, 0) is 32.8 Å². The molecule has 1 aliphatic heterocycles. The summed E-state index contributed by atoms with van der Waals surface area (Å²) in [7, 11) is -2.47. The van der Waals surface area contributed by atoms with Gasteiger partial charge in [0, 0.05) is 6.61 Å². The number of aryl methyl sites for hydroxylation is 2. The minimum absolute atomic E-state index is 0.398. The highest BCUT2D eigenvalue weighted by atomic mass is 32.2. The van der Waals surface area contributed by atoms with Crippen LogP contribution in [-0.4, -0.2) is 39.5 Å². The number of methoxy groups -OCH3 is 1. The number of carbonyl (C=O) groups is 1. The van der Waals surface area contributed by atoms with Crippen LogP contribution in [0.5, 0.6) is 0 Å². The Kier molecular flexibility index (Phi) is 5.44. The van der Waals surface area contributed by atoms with E-state index in [2.05, 4.69) is 4.72 Å². The molecule has 7 heteroatoms. The van der Waals surface area contributed by atoms with Crippen LogP contribution in [0.25, 0.3) is 0 Å². The van der Waals surface area contributed by atoms with Gasteiger partial charge in [0.2, 0.25) is 10.0 Å². The molecule has 1 fully saturated rings. The normalized spacial score (nSPS) is 22.8. The van der Waals surface area contributed by atoms with Crippen molar-refractivity contribution in [3.63, 3.8) is 0 Å². The Hall–Kier alpha value is -1.44. The predicted octanol–water partition coefficient (Wildman–Crippen LogP) is 1.61. The molecule has 1 N–H and O–H groups in total. The van der Waals surface area contributed by atoms with Gasteiger partial charge in [-0.1, -0.05) is 29.3 Å². The fourth-order valence-electron chi connectivity index (χ4n) is 2.92. The van der Waals surface area contributed by atoms with Gasteiger partial charge in [0.15, 0.2) is 0 Å². The molecular weight excluding hydrogens is 318 g/mol. The molecule has 6 nitrogen and oxygen atoms in total. The Bertz CT molecular complexity index is 665. The van der Waals surface area contributed by atoms with E-state index in [-0.39, 0.29) is 0 Å². The molecule has 128 valence electrons. The molecule has 1 heterocycles. The molecule has 0 spiro atoms. The van der Waals surface area contributed by atoms with Crippen molar-refractivity contribution in [3.05, 3.63) is 34.9 Å². The highest BCUT2D eigenvalue weighted by Crippen LogP contribution is 2.24. The van der Waals surface area contributed by atoms with Crippen LogP contribution < -0.4 is 4.72 Å². The maximum atomic E-state index is 12.6. The van der Waals surface area contributed by atoms with Crippen molar-refractivity contribution in [2.45, 2.75) is 44.6 Å². The van der Waals surface area contributed by atoms with E-state index in [0.29, 0.717) is 18.6 Å². The molecule has 0 aliphatic carbocycles. The van der Waals surface area contributed by atoms with E-state index in [4.69, 9.17) is 9.47 Å². The van der Waals surface area contributed by atoms with E-state index >= 15 is 0 Å². The Labute approximate surface area is 137 Å². The maximum absolute atomic E-state index is 12.6. The fraction of sp³-hybridized carbons (Fsp3) is 0.562. The van der Waals surface area contributed by atoms with Gasteiger partial charge in [-0.25, -0.2) is 13.2 Å². The van der Waals surface area contributed by atoms with E-state index < -0.39 is 33.4 Å². The number of esters is 1. The summed E-state index contributed by atoms with van der Waals surface area (Å²) in [6, 6.07) is 4.47. The fourth-order valence-corrected chi connectivity index (χ4v) is 4.64. The van der Waals surface area contributed by atoms with Crippen LogP contribution in [0.15, 0.2) is 18.2 Å². The van der Waals surface area contributed by atoms with E-state index in [1.54, 1.807) is 19.1 Å². The summed E-state index contributed by atoms with van der Waals surface area (Å²) in [5.74, 6) is -0.634. The maximum Gasteiger partial charge on any atom is 0.328 e. The van der Waals surface area contributed by atoms with Crippen LogP contribution in [0.4, 0.5) is 0 Å². The lowest BCUT2D eigenvalue weighted by atomic mass is 10.0. The minimum Gasteiger partial charge on any atom is -0.468 e. The number of sulfonamides is 1. The Morgan fingerprint density at radius 3 is 2.39 bits per heavy atom. The number of carbonyl (C=O) groups excluding carboxylic acids is 1. The summed E-state index contributed by atoms with van der Waals surface area (Å²) in [6.45, 7) is 5.92. The van der Waals surface area contributed by atoms with Crippen molar-refractivity contribution in [2.24, 2.45) is 0 Å². The lowest BCUT2D eigenvalue weighted by Crippen LogP contribution is -2.42. The average Bonchev–Trinajstić information content (AvgIpc) is 2.90. The van der Waals surface area contributed by atoms with E-state index in [1.807, 2.05) is 19.9 Å². The van der Waals surface area contributed by atoms with Crippen LogP contribution >= 0.6 is 0 Å². The summed E-state index contributed by atoms with van der Waals surface area (Å²) in [4.78, 5) is 12.1. The van der Waals surface area contributed by atoms with Crippen LogP contribution in [0.1, 0.15) is 36.1 Å². The SMILES string of the molecule is COC(=O)C(NS(=O)(=O)C1CCOC1C)c1cc(C)cc(C)c1. The lowest BCUT2D eigenvalue weighted by Gasteiger charge is -2.22. The van der Waals surface area contributed by atoms with Gasteiger partial charge >= 0.3 is 5.97 Å². The predicted molar refractivity (Wildman–Crippen MR) is 86.5 cm³/mol. The molecule has 0 saturated carbocycles. The van der Waals surface area contributed by atoms with Gasteiger partial charge in [0.25, 0.3) is 0 Å². The first-order chi connectivity index (χ1) is 10.7. The number of ether oxygens (including phenoxy) is 2. The Morgan fingerprint density at radius 2 is 1.91 bits per heavy atom. The van der Waals surface area contributed by atoms with Crippen molar-refractivity contribution < 1.29 is 22.7 Å². The summed E-state index contributed by atoms with van der Waals surface area (Å²) in [5, 5.41) is -0.666. The van der Waals surface area contributed by atoms with Crippen molar-refractivity contribution >= 4 is 16.0 Å². The van der Waals surface area contributed by atoms with Crippen LogP contribution in [-0.2, 0) is 24.3 Å². The molecular formula is C16H23NO5S. The lowest BCUT2D eigenvalue weighted by molar-refractivity contribution is -0.142. The third-order valence-corrected chi connectivity index (χ3v) is 5.98. The molecule has 1 aromatic carbocycles. The quantitative estimate of drug-likeness (QED) is 0.823. The topological polar surface area (TPSA) is 81.7 Å². The molecule has 23 heavy (non-hydrogen) atoms. The second-order valence-electron chi connectivity index (χ2n) is 5.94. The van der Waals surface area contributed by atoms with Gasteiger partial charge in [0.1, 0.15) is 11.3 Å². The zero-order valence-electron chi connectivity index (χ0n) is 13.8. The number of nitrogens with one attached hydrogen (secondary N) is 1. The van der Waals surface area contributed by atoms with Crippen LogP contribution in [0, 0.1) is 13.8 Å². The highest BCUT2D eigenvalue weighted by molar-refractivity contribution is 7.90. The zero-order valence-corrected chi connectivity index (χ0v) is 14.6. The van der Waals surface area contributed by atoms with E-state index in [9.17, 15) is 13.2 Å². The molecule has 0 amide bonds. The third kappa shape index (κ3) is 4.10. The van der Waals surface area contributed by atoms with Gasteiger partial charge in [-0.15, -0.1) is 0 Å². The Morgan fingerprint density at radius 1 is 1.30 bits per heavy atom. The highest BCUT2D eigenvalue weighted by Gasteiger charge is 2.39. The summed E-state index contributed by atoms with van der Waals surface area (Å²) >= 11 is 0. The molecule has 0 aromatic heterocycles. The molecule has 3 atom stereocenters. The molecule has 1 saturated heterocycles. The van der Waals surface area contributed by atoms with Crippen LogP contribution in [0.2, 0.25) is 0 Å². The van der Waals surface area contributed by atoms with Crippen molar-refractivity contribution in [1.82, 2.24) is 4.72 Å². The third-order valence-electron chi connectivity index (χ3n) is 4.00. The number of rotatable bonds is 5. The van der Waals surface area contributed by atoms with Crippen molar-refractivity contribution in [3.8, 4) is 0 Å². The number of hydrogen-bond donors (Lipinski definition) is 1. The number of hydrogen-bond acceptors (Lipinski definition) is 5. The largest absolute Gasteiger partial charge is 0.468 e. The molecule has 3 unspecified atom stereocenters. The van der Waals surface area contributed by atoms with Gasteiger partial charge in [0.05, 0.1) is 13.2 Å². The molecule has 1 aliphatic rings. The van der Waals surface area contributed by atoms with E-state index in [1.165, 1.54) is 7.11 Å². The molecule has 0 bridgehead atoms. The average molecular weight is 341 g/mol. The zero-order chi connectivity index (χ0) is 17.2. The van der Waals surface area contributed by atoms with Gasteiger partial charge in [-0.2, -0.15) is 4.72 Å². The summed E-state index contributed by atoms with van der Waals surface area (Å²) in [6.07, 6.45) is 0.0158. The molecule has 1 aromatic rings. The first-order valence-corrected chi connectivity index (χ1v) is 9.08. The second kappa shape index (κ2) is 6.98. The second-order valence-corrected chi connectivity index (χ2v) is 7.87. The minimum atomic E-state index is -3.71. The summed E-state index contributed by atoms with van der Waals surface area (Å²) < 4.78 is 37.9. The molecule has 0 radical (unpaired) electrons. The monoisotopic (exact) mass is 341 g/mol. The first kappa shape index (κ1) is 17.9. The van der Waals surface area contributed by atoms with Crippen molar-refractivity contribution in [1.29, 1.82) is 0 Å². The Balaban J connectivity index is 2.34. The first-order valence-electron chi connectivity index (χ1n) is 7.53. The van der Waals surface area contributed by atoms with E-state index in [0.717, 1.165) is 11.1 Å². The van der Waals surface area contributed by atoms with Crippen LogP contribution in [0.3, 0.4) is 0 Å². The van der Waals surface area contributed by atoms with Gasteiger partial charge in [-0.3, -0.25) is 0 Å². The summed E-state index contributed by atoms with van der Waals surface area (Å²) in [5.41, 5.74) is 2.47. The standard InChI is InChI=1S/C16H23NO5S/c1-10-7-11(2)9-13(8-10)15(16(18)21-4)17-23(19,20)14-5-6-22-12(14)3/h7-9,12,14-15,17H,5-6H2,1-4H3. The smallest absolute Gasteiger partial charge is 0.328 e. The van der Waals surface area contributed by atoms with Gasteiger partial charge < -0.3 is 9.47 Å².